The van der Waals surface area contributed by atoms with E-state index in [1.807, 2.05) is 0 Å². The van der Waals surface area contributed by atoms with E-state index in [1.54, 1.807) is 6.07 Å². The van der Waals surface area contributed by atoms with Gasteiger partial charge in [-0.2, -0.15) is 8.78 Å². The monoisotopic (exact) mass is 339 g/mol. The summed E-state index contributed by atoms with van der Waals surface area (Å²) in [6.07, 6.45) is 0. The van der Waals surface area contributed by atoms with Crippen molar-refractivity contribution in [2.45, 2.75) is 10.7 Å². The lowest BCUT2D eigenvalue weighted by molar-refractivity contribution is -0.384. The highest BCUT2D eigenvalue weighted by molar-refractivity contribution is 7.99. The SMILES string of the molecule is O=C(NNc1ccccc1[N+](=O)[O-])c1ccccc1SC(F)F. The number of anilines is 1. The fourth-order valence-corrected chi connectivity index (χ4v) is 2.42. The summed E-state index contributed by atoms with van der Waals surface area (Å²) in [5.41, 5.74) is 4.62. The second-order valence-electron chi connectivity index (χ2n) is 4.23. The minimum absolute atomic E-state index is 0.0453. The van der Waals surface area contributed by atoms with Gasteiger partial charge in [0.2, 0.25) is 0 Å². The van der Waals surface area contributed by atoms with Gasteiger partial charge in [0.25, 0.3) is 17.4 Å². The highest BCUT2D eigenvalue weighted by Crippen LogP contribution is 2.28. The number of amides is 1. The van der Waals surface area contributed by atoms with Crippen molar-refractivity contribution in [3.05, 3.63) is 64.2 Å². The molecule has 0 aliphatic heterocycles. The Kier molecular flexibility index (Phi) is 5.47. The van der Waals surface area contributed by atoms with Crippen LogP contribution in [0.2, 0.25) is 0 Å². The van der Waals surface area contributed by atoms with Crippen molar-refractivity contribution < 1.29 is 18.5 Å². The van der Waals surface area contributed by atoms with Gasteiger partial charge in [-0.15, -0.1) is 0 Å². The van der Waals surface area contributed by atoms with Crippen molar-refractivity contribution >= 4 is 29.0 Å². The van der Waals surface area contributed by atoms with Gasteiger partial charge >= 0.3 is 0 Å². The maximum atomic E-state index is 12.5. The molecule has 0 aliphatic carbocycles. The normalized spacial score (nSPS) is 10.4. The van der Waals surface area contributed by atoms with Crippen LogP contribution in [0.15, 0.2) is 53.4 Å². The molecule has 2 N–H and O–H groups in total. The molecular weight excluding hydrogens is 328 g/mol. The molecule has 0 aromatic heterocycles. The fraction of sp³-hybridized carbons (Fsp3) is 0.0714. The molecule has 23 heavy (non-hydrogen) atoms. The molecule has 0 saturated heterocycles. The van der Waals surface area contributed by atoms with Crippen LogP contribution in [0.4, 0.5) is 20.2 Å². The van der Waals surface area contributed by atoms with Gasteiger partial charge in [-0.05, 0) is 18.2 Å². The lowest BCUT2D eigenvalue weighted by Crippen LogP contribution is -2.30. The first-order valence-corrected chi connectivity index (χ1v) is 7.20. The van der Waals surface area contributed by atoms with Crippen LogP contribution in [0.3, 0.4) is 0 Å². The highest BCUT2D eigenvalue weighted by Gasteiger charge is 2.17. The van der Waals surface area contributed by atoms with Crippen molar-refractivity contribution in [2.75, 3.05) is 5.43 Å². The van der Waals surface area contributed by atoms with Crippen molar-refractivity contribution in [1.82, 2.24) is 5.43 Å². The number of carbonyl (C=O) groups is 1. The van der Waals surface area contributed by atoms with E-state index < -0.39 is 16.6 Å². The molecule has 9 heteroatoms. The maximum Gasteiger partial charge on any atom is 0.294 e. The third kappa shape index (κ3) is 4.39. The highest BCUT2D eigenvalue weighted by atomic mass is 32.2. The smallest absolute Gasteiger partial charge is 0.292 e. The average molecular weight is 339 g/mol. The number of hydrogen-bond acceptors (Lipinski definition) is 5. The minimum atomic E-state index is -2.66. The quantitative estimate of drug-likeness (QED) is 0.477. The summed E-state index contributed by atoms with van der Waals surface area (Å²) in [7, 11) is 0. The van der Waals surface area contributed by atoms with Gasteiger partial charge in [0.15, 0.2) is 0 Å². The summed E-state index contributed by atoms with van der Waals surface area (Å²) in [6.45, 7) is 0. The van der Waals surface area contributed by atoms with Gasteiger partial charge in [-0.3, -0.25) is 25.8 Å². The molecule has 0 heterocycles. The number of halogens is 2. The largest absolute Gasteiger partial charge is 0.294 e. The summed E-state index contributed by atoms with van der Waals surface area (Å²) in [5.74, 6) is -3.33. The number of carbonyl (C=O) groups excluding carboxylic acids is 1. The first-order valence-electron chi connectivity index (χ1n) is 6.32. The standard InChI is InChI=1S/C14H11F2N3O3S/c15-14(16)23-12-8-4-1-5-9(12)13(20)18-17-10-6-2-3-7-11(10)19(21)22/h1-8,14,17H,(H,18,20). The summed E-state index contributed by atoms with van der Waals surface area (Å²) >= 11 is 0.253. The van der Waals surface area contributed by atoms with E-state index in [2.05, 4.69) is 10.9 Å². The Hall–Kier alpha value is -2.68. The van der Waals surface area contributed by atoms with Crippen LogP contribution in [0.25, 0.3) is 0 Å². The van der Waals surface area contributed by atoms with Crippen molar-refractivity contribution in [2.24, 2.45) is 0 Å². The maximum absolute atomic E-state index is 12.5. The molecular formula is C14H11F2N3O3S. The zero-order valence-electron chi connectivity index (χ0n) is 11.5. The molecule has 120 valence electrons. The second kappa shape index (κ2) is 7.54. The number of nitrogens with one attached hydrogen (secondary N) is 2. The predicted molar refractivity (Wildman–Crippen MR) is 82.5 cm³/mol. The molecule has 0 bridgehead atoms. The molecule has 0 radical (unpaired) electrons. The summed E-state index contributed by atoms with van der Waals surface area (Å²) in [4.78, 5) is 22.5. The Morgan fingerprint density at radius 2 is 1.78 bits per heavy atom. The number of thioether (sulfide) groups is 1. The van der Waals surface area contributed by atoms with Gasteiger partial charge in [-0.1, -0.05) is 36.0 Å². The van der Waals surface area contributed by atoms with Gasteiger partial charge < -0.3 is 0 Å². The van der Waals surface area contributed by atoms with Crippen molar-refractivity contribution in [3.63, 3.8) is 0 Å². The Morgan fingerprint density at radius 1 is 1.13 bits per heavy atom. The molecule has 1 amide bonds. The summed E-state index contributed by atoms with van der Waals surface area (Å²) in [6, 6.07) is 11.6. The summed E-state index contributed by atoms with van der Waals surface area (Å²) in [5, 5.41) is 10.9. The van der Waals surface area contributed by atoms with Crippen LogP contribution in [0.1, 0.15) is 10.4 Å². The second-order valence-corrected chi connectivity index (χ2v) is 5.26. The Bertz CT molecular complexity index is 728. The number of rotatable bonds is 6. The van der Waals surface area contributed by atoms with Crippen molar-refractivity contribution in [3.8, 4) is 0 Å². The summed E-state index contributed by atoms with van der Waals surface area (Å²) < 4.78 is 25.0. The minimum Gasteiger partial charge on any atom is -0.292 e. The van der Waals surface area contributed by atoms with E-state index in [-0.39, 0.29) is 33.6 Å². The van der Waals surface area contributed by atoms with E-state index in [9.17, 15) is 23.7 Å². The fourth-order valence-electron chi connectivity index (χ4n) is 1.78. The van der Waals surface area contributed by atoms with E-state index in [0.29, 0.717) is 0 Å². The van der Waals surface area contributed by atoms with Crippen LogP contribution < -0.4 is 10.9 Å². The zero-order chi connectivity index (χ0) is 16.8. The Balaban J connectivity index is 2.13. The Labute approximate surface area is 134 Å². The number of alkyl halides is 2. The molecule has 0 fully saturated rings. The van der Waals surface area contributed by atoms with Crippen LogP contribution in [0.5, 0.6) is 0 Å². The molecule has 6 nitrogen and oxygen atoms in total. The van der Waals surface area contributed by atoms with Crippen LogP contribution in [0, 0.1) is 10.1 Å². The van der Waals surface area contributed by atoms with E-state index in [0.717, 1.165) is 0 Å². The van der Waals surface area contributed by atoms with Crippen LogP contribution in [-0.4, -0.2) is 16.6 Å². The molecule has 2 rings (SSSR count). The molecule has 0 unspecified atom stereocenters. The molecule has 0 spiro atoms. The first kappa shape index (κ1) is 16.7. The van der Waals surface area contributed by atoms with E-state index >= 15 is 0 Å². The van der Waals surface area contributed by atoms with Gasteiger partial charge in [-0.25, -0.2) is 0 Å². The number of nitrogens with zero attached hydrogens (tertiary/aromatic N) is 1. The number of nitro groups is 1. The molecule has 0 saturated carbocycles. The van der Waals surface area contributed by atoms with Crippen LogP contribution >= 0.6 is 11.8 Å². The molecule has 0 aliphatic rings. The average Bonchev–Trinajstić information content (AvgIpc) is 2.52. The number of nitro benzene ring substituents is 1. The number of hydrogen-bond donors (Lipinski definition) is 2. The molecule has 0 atom stereocenters. The zero-order valence-corrected chi connectivity index (χ0v) is 12.3. The van der Waals surface area contributed by atoms with E-state index in [4.69, 9.17) is 0 Å². The van der Waals surface area contributed by atoms with Crippen molar-refractivity contribution in [1.29, 1.82) is 0 Å². The van der Waals surface area contributed by atoms with E-state index in [1.165, 1.54) is 42.5 Å². The lowest BCUT2D eigenvalue weighted by Gasteiger charge is -2.11. The molecule has 2 aromatic rings. The topological polar surface area (TPSA) is 84.3 Å². The van der Waals surface area contributed by atoms with Crippen LogP contribution in [-0.2, 0) is 0 Å². The Morgan fingerprint density at radius 3 is 2.48 bits per heavy atom. The number of benzene rings is 2. The predicted octanol–water partition coefficient (Wildman–Crippen LogP) is 3.67. The lowest BCUT2D eigenvalue weighted by atomic mass is 10.2. The number of para-hydroxylation sites is 2. The van der Waals surface area contributed by atoms with Gasteiger partial charge in [0, 0.05) is 11.0 Å². The van der Waals surface area contributed by atoms with Gasteiger partial charge in [0.1, 0.15) is 5.69 Å². The first-order chi connectivity index (χ1) is 11.0. The van der Waals surface area contributed by atoms with Gasteiger partial charge in [0.05, 0.1) is 10.5 Å². The third-order valence-corrected chi connectivity index (χ3v) is 3.55. The number of hydrazine groups is 1. The third-order valence-electron chi connectivity index (χ3n) is 2.76. The molecule has 2 aromatic carbocycles.